The van der Waals surface area contributed by atoms with Crippen LogP contribution in [-0.4, -0.2) is 37.5 Å². The Kier molecular flexibility index (Phi) is 12.4. The zero-order valence-corrected chi connectivity index (χ0v) is 30.7. The Bertz CT molecular complexity index is 1050. The van der Waals surface area contributed by atoms with Gasteiger partial charge in [-0.25, -0.2) is 0 Å². The van der Waals surface area contributed by atoms with Crippen molar-refractivity contribution in [2.75, 3.05) is 19.6 Å². The van der Waals surface area contributed by atoms with Crippen LogP contribution in [0.2, 0.25) is 0 Å². The highest BCUT2D eigenvalue weighted by atomic mass is 16.2. The highest BCUT2D eigenvalue weighted by Crippen LogP contribution is 2.67. The normalized spacial score (nSPS) is 35.6. The fourth-order valence-electron chi connectivity index (χ4n) is 11.3. The van der Waals surface area contributed by atoms with E-state index in [9.17, 15) is 9.59 Å². The van der Waals surface area contributed by atoms with Crippen molar-refractivity contribution in [3.63, 3.8) is 0 Å². The summed E-state index contributed by atoms with van der Waals surface area (Å²) in [7, 11) is 0. The first-order valence-corrected chi connectivity index (χ1v) is 20.0. The number of hydrogen-bond donors (Lipinski definition) is 3. The maximum absolute atomic E-state index is 12.1. The van der Waals surface area contributed by atoms with Gasteiger partial charge in [0.2, 0.25) is 11.8 Å². The lowest BCUT2D eigenvalue weighted by Gasteiger charge is -2.58. The average Bonchev–Trinajstić information content (AvgIpc) is 3.82. The fourth-order valence-corrected chi connectivity index (χ4v) is 11.3. The second-order valence-corrected chi connectivity index (χ2v) is 17.6. The zero-order chi connectivity index (χ0) is 32.9. The molecule has 0 saturated heterocycles. The molecule has 4 saturated carbocycles. The molecule has 0 aliphatic heterocycles. The van der Waals surface area contributed by atoms with Crippen LogP contribution in [-0.2, 0) is 9.59 Å². The molecule has 10 atom stereocenters. The smallest absolute Gasteiger partial charge is 0.223 e. The van der Waals surface area contributed by atoms with Gasteiger partial charge >= 0.3 is 0 Å². The van der Waals surface area contributed by atoms with Gasteiger partial charge < -0.3 is 16.0 Å². The molecule has 5 aliphatic rings. The third-order valence-corrected chi connectivity index (χ3v) is 14.6. The van der Waals surface area contributed by atoms with Crippen molar-refractivity contribution >= 4 is 11.8 Å². The van der Waals surface area contributed by atoms with Crippen LogP contribution in [0.4, 0.5) is 0 Å². The van der Waals surface area contributed by atoms with E-state index in [1.807, 2.05) is 0 Å². The first-order valence-electron chi connectivity index (χ1n) is 20.0. The quantitative estimate of drug-likeness (QED) is 0.110. The van der Waals surface area contributed by atoms with Crippen molar-refractivity contribution in [2.45, 2.75) is 157 Å². The topological polar surface area (TPSA) is 70.2 Å². The monoisotopic (exact) mass is 638 g/mol. The highest BCUT2D eigenvalue weighted by molar-refractivity contribution is 5.82. The molecule has 0 spiro atoms. The second kappa shape index (κ2) is 15.9. The number of rotatable bonds is 17. The lowest BCUT2D eigenvalue weighted by Crippen LogP contribution is -2.51. The molecule has 5 nitrogen and oxygen atoms in total. The molecule has 2 amide bonds. The number of fused-ring (bicyclic) bond motifs is 5. The molecule has 5 rings (SSSR count). The van der Waals surface area contributed by atoms with Crippen molar-refractivity contribution in [3.8, 4) is 0 Å². The van der Waals surface area contributed by atoms with Crippen molar-refractivity contribution in [3.05, 3.63) is 11.6 Å². The number of nitrogens with one attached hydrogen (secondary N) is 3. The second-order valence-electron chi connectivity index (χ2n) is 17.6. The van der Waals surface area contributed by atoms with E-state index in [4.69, 9.17) is 0 Å². The molecule has 46 heavy (non-hydrogen) atoms. The van der Waals surface area contributed by atoms with Crippen molar-refractivity contribution in [1.29, 1.82) is 0 Å². The van der Waals surface area contributed by atoms with Crippen LogP contribution in [0.15, 0.2) is 11.6 Å². The molecular weight excluding hydrogens is 566 g/mol. The summed E-state index contributed by atoms with van der Waals surface area (Å²) in [6.45, 7) is 17.4. The van der Waals surface area contributed by atoms with Gasteiger partial charge in [0, 0.05) is 31.5 Å². The van der Waals surface area contributed by atoms with Gasteiger partial charge in [0.15, 0.2) is 0 Å². The number of carbonyl (C=O) groups is 2. The minimum Gasteiger partial charge on any atom is -0.356 e. The summed E-state index contributed by atoms with van der Waals surface area (Å²) in [5.74, 6) is 6.63. The first kappa shape index (κ1) is 35.9. The average molecular weight is 638 g/mol. The maximum Gasteiger partial charge on any atom is 0.223 e. The van der Waals surface area contributed by atoms with Crippen LogP contribution < -0.4 is 16.0 Å². The van der Waals surface area contributed by atoms with E-state index in [0.717, 1.165) is 67.2 Å². The van der Waals surface area contributed by atoms with Gasteiger partial charge in [-0.15, -0.1) is 0 Å². The van der Waals surface area contributed by atoms with E-state index in [0.29, 0.717) is 36.4 Å². The maximum atomic E-state index is 12.1. The number of amides is 2. The zero-order valence-electron chi connectivity index (χ0n) is 30.7. The van der Waals surface area contributed by atoms with Crippen LogP contribution in [0.3, 0.4) is 0 Å². The summed E-state index contributed by atoms with van der Waals surface area (Å²) in [4.78, 5) is 23.9. The van der Waals surface area contributed by atoms with E-state index in [-0.39, 0.29) is 17.7 Å². The van der Waals surface area contributed by atoms with Gasteiger partial charge in [-0.3, -0.25) is 9.59 Å². The molecule has 4 fully saturated rings. The summed E-state index contributed by atoms with van der Waals surface area (Å²) < 4.78 is 0. The SMILES string of the molecule is CCCC(C)C(C)CCCC(C)C1CCC2C3CC=C4CC(NCCCNC(=O)CCNC(=O)C5CC5)CCC4(C)C3CCC12C. The molecule has 10 unspecified atom stereocenters. The molecule has 3 N–H and O–H groups in total. The molecule has 5 heteroatoms. The standard InChI is InChI=1S/C41H71N3O2/c1-7-10-28(2)29(3)11-8-12-30(4)35-17-18-36-34-16-15-32-27-33(19-22-40(32,5)37(34)20-23-41(35,36)6)42-24-9-25-43-38(45)21-26-44-39(46)31-13-14-31/h15,28-31,33-37,42H,7-14,16-27H2,1-6H3,(H,43,45)(H,44,46). The first-order chi connectivity index (χ1) is 22.1. The van der Waals surface area contributed by atoms with Gasteiger partial charge in [-0.05, 0) is 129 Å². The van der Waals surface area contributed by atoms with Crippen molar-refractivity contribution in [1.82, 2.24) is 16.0 Å². The Balaban J connectivity index is 1.04. The van der Waals surface area contributed by atoms with Gasteiger partial charge in [0.25, 0.3) is 0 Å². The molecule has 262 valence electrons. The highest BCUT2D eigenvalue weighted by Gasteiger charge is 2.59. The summed E-state index contributed by atoms with van der Waals surface area (Å²) in [5.41, 5.74) is 2.72. The Labute approximate surface area is 283 Å². The van der Waals surface area contributed by atoms with E-state index < -0.39 is 0 Å². The molecule has 0 bridgehead atoms. The molecule has 0 radical (unpaired) electrons. The van der Waals surface area contributed by atoms with E-state index in [1.54, 1.807) is 5.57 Å². The Morgan fingerprint density at radius 3 is 2.39 bits per heavy atom. The summed E-state index contributed by atoms with van der Waals surface area (Å²) in [5, 5.41) is 9.76. The van der Waals surface area contributed by atoms with Gasteiger partial charge in [0.1, 0.15) is 0 Å². The van der Waals surface area contributed by atoms with Crippen LogP contribution in [0, 0.1) is 58.2 Å². The molecular formula is C41H71N3O2. The minimum atomic E-state index is 0.0418. The predicted molar refractivity (Wildman–Crippen MR) is 191 cm³/mol. The third kappa shape index (κ3) is 8.25. The Morgan fingerprint density at radius 1 is 0.848 bits per heavy atom. The van der Waals surface area contributed by atoms with Crippen molar-refractivity contribution in [2.24, 2.45) is 58.2 Å². The van der Waals surface area contributed by atoms with E-state index in [1.165, 1.54) is 83.5 Å². The van der Waals surface area contributed by atoms with Gasteiger partial charge in [-0.1, -0.05) is 85.3 Å². The minimum absolute atomic E-state index is 0.0418. The number of hydrogen-bond acceptors (Lipinski definition) is 3. The van der Waals surface area contributed by atoms with Gasteiger partial charge in [0.05, 0.1) is 0 Å². The number of allylic oxidation sites excluding steroid dienone is 1. The summed E-state index contributed by atoms with van der Waals surface area (Å²) in [6.07, 6.45) is 24.1. The van der Waals surface area contributed by atoms with Crippen molar-refractivity contribution < 1.29 is 9.59 Å². The lowest BCUT2D eigenvalue weighted by atomic mass is 9.47. The largest absolute Gasteiger partial charge is 0.356 e. The summed E-state index contributed by atoms with van der Waals surface area (Å²) in [6, 6.07) is 0.572. The lowest BCUT2D eigenvalue weighted by molar-refractivity contribution is -0.123. The molecule has 0 heterocycles. The summed E-state index contributed by atoms with van der Waals surface area (Å²) >= 11 is 0. The molecule has 5 aliphatic carbocycles. The molecule has 0 aromatic heterocycles. The van der Waals surface area contributed by atoms with Gasteiger partial charge in [-0.2, -0.15) is 0 Å². The Morgan fingerprint density at radius 2 is 1.63 bits per heavy atom. The molecule has 0 aromatic rings. The predicted octanol–water partition coefficient (Wildman–Crippen LogP) is 8.82. The van der Waals surface area contributed by atoms with Crippen LogP contribution in [0.1, 0.15) is 151 Å². The van der Waals surface area contributed by atoms with Crippen LogP contribution in [0.5, 0.6) is 0 Å². The van der Waals surface area contributed by atoms with Crippen LogP contribution >= 0.6 is 0 Å². The van der Waals surface area contributed by atoms with E-state index >= 15 is 0 Å². The fraction of sp³-hybridized carbons (Fsp3) is 0.902. The van der Waals surface area contributed by atoms with E-state index in [2.05, 4.69) is 63.6 Å². The molecule has 0 aromatic carbocycles. The number of carbonyl (C=O) groups excluding carboxylic acids is 2. The Hall–Kier alpha value is -1.36. The third-order valence-electron chi connectivity index (χ3n) is 14.6. The van der Waals surface area contributed by atoms with Crippen LogP contribution in [0.25, 0.3) is 0 Å².